The van der Waals surface area contributed by atoms with E-state index in [4.69, 9.17) is 0 Å². The van der Waals surface area contributed by atoms with Crippen LogP contribution in [0.15, 0.2) is 97.6 Å². The molecule has 0 saturated carbocycles. The molecular formula is C22H16N2Si. The van der Waals surface area contributed by atoms with Gasteiger partial charge in [0.2, 0.25) is 0 Å². The molecule has 0 amide bonds. The van der Waals surface area contributed by atoms with E-state index in [0.717, 1.165) is 0 Å². The van der Waals surface area contributed by atoms with Gasteiger partial charge in [-0.15, -0.1) is 0 Å². The zero-order chi connectivity index (χ0) is 16.7. The molecule has 25 heavy (non-hydrogen) atoms. The first-order valence-corrected chi connectivity index (χ1v) is 10.4. The van der Waals surface area contributed by atoms with Crippen molar-refractivity contribution in [3.63, 3.8) is 0 Å². The monoisotopic (exact) mass is 336 g/mol. The average Bonchev–Trinajstić information content (AvgIpc) is 3.01. The van der Waals surface area contributed by atoms with Crippen molar-refractivity contribution in [2.45, 2.75) is 0 Å². The van der Waals surface area contributed by atoms with Crippen LogP contribution in [0.25, 0.3) is 11.1 Å². The smallest absolute Gasteiger partial charge is 0.184 e. The van der Waals surface area contributed by atoms with Gasteiger partial charge in [-0.1, -0.05) is 60.7 Å². The predicted molar refractivity (Wildman–Crippen MR) is 105 cm³/mol. The van der Waals surface area contributed by atoms with E-state index in [1.165, 1.54) is 31.9 Å². The van der Waals surface area contributed by atoms with Crippen molar-refractivity contribution in [3.05, 3.63) is 97.6 Å². The summed E-state index contributed by atoms with van der Waals surface area (Å²) in [4.78, 5) is 9.00. The van der Waals surface area contributed by atoms with E-state index in [0.29, 0.717) is 0 Å². The zero-order valence-electron chi connectivity index (χ0n) is 13.6. The van der Waals surface area contributed by atoms with Gasteiger partial charge in [0.05, 0.1) is 0 Å². The number of nitrogens with zero attached hydrogens (tertiary/aromatic N) is 2. The fraction of sp³-hybridized carbons (Fsp3) is 0. The zero-order valence-corrected chi connectivity index (χ0v) is 14.6. The van der Waals surface area contributed by atoms with Crippen molar-refractivity contribution >= 4 is 28.8 Å². The summed E-state index contributed by atoms with van der Waals surface area (Å²) in [5.41, 5.74) is 2.60. The van der Waals surface area contributed by atoms with Gasteiger partial charge in [0.15, 0.2) is 8.07 Å². The Labute approximate surface area is 147 Å². The first kappa shape index (κ1) is 14.3. The third-order valence-electron chi connectivity index (χ3n) is 5.15. The maximum atomic E-state index is 4.50. The molecule has 0 spiro atoms. The molecule has 0 radical (unpaired) electrons. The Balaban J connectivity index is 1.98. The van der Waals surface area contributed by atoms with Crippen LogP contribution in [0.2, 0.25) is 0 Å². The van der Waals surface area contributed by atoms with Crippen LogP contribution >= 0.6 is 0 Å². The molecule has 3 heterocycles. The molecule has 4 aromatic rings. The summed E-state index contributed by atoms with van der Waals surface area (Å²) in [5.74, 6) is 0. The second-order valence-corrected chi connectivity index (χ2v) is 10.1. The van der Waals surface area contributed by atoms with Gasteiger partial charge in [-0.2, -0.15) is 0 Å². The van der Waals surface area contributed by atoms with Crippen molar-refractivity contribution in [2.24, 2.45) is 0 Å². The van der Waals surface area contributed by atoms with Crippen LogP contribution in [0.4, 0.5) is 0 Å². The summed E-state index contributed by atoms with van der Waals surface area (Å²) in [7, 11) is -2.35. The van der Waals surface area contributed by atoms with E-state index >= 15 is 0 Å². The molecule has 0 N–H and O–H groups in total. The highest BCUT2D eigenvalue weighted by molar-refractivity contribution is 7.22. The summed E-state index contributed by atoms with van der Waals surface area (Å²) in [6, 6.07) is 26.1. The molecule has 1 aliphatic rings. The number of hydrogen-bond donors (Lipinski definition) is 0. The van der Waals surface area contributed by atoms with Crippen LogP contribution in [-0.4, -0.2) is 18.0 Å². The Morgan fingerprint density at radius 2 is 0.960 bits per heavy atom. The van der Waals surface area contributed by atoms with Gasteiger partial charge in [0.25, 0.3) is 0 Å². The lowest BCUT2D eigenvalue weighted by Crippen LogP contribution is -2.72. The average molecular weight is 336 g/mol. The second kappa shape index (κ2) is 5.50. The fourth-order valence-corrected chi connectivity index (χ4v) is 9.20. The summed E-state index contributed by atoms with van der Waals surface area (Å²) >= 11 is 0. The minimum atomic E-state index is -2.35. The molecule has 2 nitrogen and oxygen atoms in total. The van der Waals surface area contributed by atoms with Gasteiger partial charge in [-0.05, 0) is 44.0 Å². The molecule has 118 valence electrons. The fourth-order valence-electron chi connectivity index (χ4n) is 4.17. The minimum absolute atomic E-state index is 1.30. The molecule has 5 rings (SSSR count). The van der Waals surface area contributed by atoms with Crippen LogP contribution in [0.1, 0.15) is 0 Å². The second-order valence-electron chi connectivity index (χ2n) is 6.32. The normalized spacial score (nSPS) is 13.9. The van der Waals surface area contributed by atoms with Crippen molar-refractivity contribution in [3.8, 4) is 11.1 Å². The first-order chi connectivity index (χ1) is 12.4. The lowest BCUT2D eigenvalue weighted by atomic mass is 10.1. The van der Waals surface area contributed by atoms with Crippen LogP contribution in [0.5, 0.6) is 0 Å². The highest BCUT2D eigenvalue weighted by atomic mass is 28.3. The lowest BCUT2D eigenvalue weighted by Gasteiger charge is -2.30. The number of fused-ring (bicyclic) bond motifs is 3. The maximum absolute atomic E-state index is 4.50. The van der Waals surface area contributed by atoms with Crippen molar-refractivity contribution in [1.82, 2.24) is 9.97 Å². The Hall–Kier alpha value is -3.04. The highest BCUT2D eigenvalue weighted by Crippen LogP contribution is 2.26. The third kappa shape index (κ3) is 1.90. The SMILES string of the molecule is c1ccc([Si]2(c3ccccc3)c3cnccc3-c3ccncc32)cc1. The molecule has 2 aromatic heterocycles. The minimum Gasteiger partial charge on any atom is -0.265 e. The van der Waals surface area contributed by atoms with E-state index in [1.807, 2.05) is 12.4 Å². The van der Waals surface area contributed by atoms with Gasteiger partial charge >= 0.3 is 0 Å². The van der Waals surface area contributed by atoms with Crippen molar-refractivity contribution in [1.29, 1.82) is 0 Å². The number of pyridine rings is 2. The van der Waals surface area contributed by atoms with E-state index in [9.17, 15) is 0 Å². The summed E-state index contributed by atoms with van der Waals surface area (Å²) in [6.45, 7) is 0. The number of hydrogen-bond acceptors (Lipinski definition) is 2. The Bertz CT molecular complexity index is 959. The Morgan fingerprint density at radius 1 is 0.520 bits per heavy atom. The van der Waals surface area contributed by atoms with Crippen LogP contribution < -0.4 is 20.7 Å². The molecule has 1 aliphatic heterocycles. The molecule has 0 aliphatic carbocycles. The molecular weight excluding hydrogens is 320 g/mol. The van der Waals surface area contributed by atoms with Gasteiger partial charge in [0.1, 0.15) is 0 Å². The molecule has 0 fully saturated rings. The number of rotatable bonds is 2. The quantitative estimate of drug-likeness (QED) is 0.460. The predicted octanol–water partition coefficient (Wildman–Crippen LogP) is 1.83. The summed E-state index contributed by atoms with van der Waals surface area (Å²) in [5, 5.41) is 5.47. The Morgan fingerprint density at radius 3 is 1.40 bits per heavy atom. The molecule has 0 unspecified atom stereocenters. The Kier molecular flexibility index (Phi) is 3.15. The van der Waals surface area contributed by atoms with Crippen LogP contribution in [0.3, 0.4) is 0 Å². The molecule has 0 bridgehead atoms. The lowest BCUT2D eigenvalue weighted by molar-refractivity contribution is 1.34. The van der Waals surface area contributed by atoms with Gasteiger partial charge in [-0.3, -0.25) is 9.97 Å². The van der Waals surface area contributed by atoms with E-state index < -0.39 is 8.07 Å². The number of aromatic nitrogens is 2. The first-order valence-electron chi connectivity index (χ1n) is 8.43. The molecule has 3 heteroatoms. The van der Waals surface area contributed by atoms with Crippen molar-refractivity contribution < 1.29 is 0 Å². The largest absolute Gasteiger partial charge is 0.265 e. The highest BCUT2D eigenvalue weighted by Gasteiger charge is 2.48. The molecule has 0 saturated heterocycles. The number of benzene rings is 2. The van der Waals surface area contributed by atoms with E-state index in [2.05, 4.69) is 95.2 Å². The maximum Gasteiger partial charge on any atom is 0.184 e. The van der Waals surface area contributed by atoms with Crippen molar-refractivity contribution in [2.75, 3.05) is 0 Å². The van der Waals surface area contributed by atoms with E-state index in [-0.39, 0.29) is 0 Å². The van der Waals surface area contributed by atoms with Crippen LogP contribution in [0, 0.1) is 0 Å². The van der Waals surface area contributed by atoms with Gasteiger partial charge in [-0.25, -0.2) is 0 Å². The standard InChI is InChI=1S/C22H16N2Si/c1-3-7-17(8-4-1)25(18-9-5-2-6-10-18)21-15-23-13-11-19(21)20-12-14-24-16-22(20)25/h1-16H. The topological polar surface area (TPSA) is 25.8 Å². The molecule has 0 atom stereocenters. The van der Waals surface area contributed by atoms with Crippen LogP contribution in [-0.2, 0) is 0 Å². The third-order valence-corrected chi connectivity index (χ3v) is 9.97. The van der Waals surface area contributed by atoms with E-state index in [1.54, 1.807) is 0 Å². The van der Waals surface area contributed by atoms with Gasteiger partial charge in [0, 0.05) is 24.8 Å². The summed E-state index contributed by atoms with van der Waals surface area (Å²) < 4.78 is 0. The van der Waals surface area contributed by atoms with Gasteiger partial charge < -0.3 is 0 Å². The summed E-state index contributed by atoms with van der Waals surface area (Å²) in [6.07, 6.45) is 7.93. The molecule has 2 aromatic carbocycles.